The highest BCUT2D eigenvalue weighted by molar-refractivity contribution is 5.86. The molecule has 10 heteroatoms. The summed E-state index contributed by atoms with van der Waals surface area (Å²) in [7, 11) is 0. The van der Waals surface area contributed by atoms with Gasteiger partial charge in [-0.05, 0) is 36.5 Å². The standard InChI is InChI=1S/C24H31F2N5O.2ClH/c1-15(2)27-13-18(17-5-6-19(25)20(26)12-17)24(32)31-10-8-30(9-11-31)23-22-16(3)4-7-21(22)28-14-29-23;;/h5-6,12,14-16,18,27H,4,7-11,13H2,1-3H3;2*1H/t16-,18+;;/m1../s1. The summed E-state index contributed by atoms with van der Waals surface area (Å²) >= 11 is 0. The van der Waals surface area contributed by atoms with E-state index in [1.807, 2.05) is 18.7 Å². The van der Waals surface area contributed by atoms with Gasteiger partial charge < -0.3 is 15.1 Å². The van der Waals surface area contributed by atoms with Crippen LogP contribution in [0.3, 0.4) is 0 Å². The van der Waals surface area contributed by atoms with E-state index in [-0.39, 0.29) is 36.8 Å². The van der Waals surface area contributed by atoms with Crippen molar-refractivity contribution in [2.75, 3.05) is 37.6 Å². The second-order valence-electron chi connectivity index (χ2n) is 9.10. The number of hydrogen-bond donors (Lipinski definition) is 1. The van der Waals surface area contributed by atoms with Crippen molar-refractivity contribution >= 4 is 36.5 Å². The number of carbonyl (C=O) groups excluding carboxylic acids is 1. The molecule has 1 aromatic heterocycles. The Morgan fingerprint density at radius 2 is 1.82 bits per heavy atom. The fourth-order valence-corrected chi connectivity index (χ4v) is 4.66. The molecule has 188 valence electrons. The number of nitrogens with zero attached hydrogens (tertiary/aromatic N) is 4. The quantitative estimate of drug-likeness (QED) is 0.627. The van der Waals surface area contributed by atoms with Crippen LogP contribution in [0.4, 0.5) is 14.6 Å². The van der Waals surface area contributed by atoms with Crippen LogP contribution in [0.2, 0.25) is 0 Å². The van der Waals surface area contributed by atoms with Crippen LogP contribution in [0.5, 0.6) is 0 Å². The van der Waals surface area contributed by atoms with E-state index in [1.54, 1.807) is 6.33 Å². The van der Waals surface area contributed by atoms with Gasteiger partial charge >= 0.3 is 0 Å². The van der Waals surface area contributed by atoms with Gasteiger partial charge in [-0.3, -0.25) is 4.79 Å². The number of piperazine rings is 1. The maximum atomic E-state index is 13.9. The number of halogens is 4. The second kappa shape index (κ2) is 12.1. The summed E-state index contributed by atoms with van der Waals surface area (Å²) in [5.74, 6) is -1.03. The molecule has 2 heterocycles. The zero-order valence-corrected chi connectivity index (χ0v) is 21.4. The molecule has 1 aliphatic heterocycles. The molecule has 1 amide bonds. The molecule has 2 aliphatic rings. The number of anilines is 1. The molecule has 1 aliphatic carbocycles. The second-order valence-corrected chi connectivity index (χ2v) is 9.10. The van der Waals surface area contributed by atoms with Crippen molar-refractivity contribution in [1.29, 1.82) is 0 Å². The fraction of sp³-hybridized carbons (Fsp3) is 0.542. The lowest BCUT2D eigenvalue weighted by atomic mass is 9.96. The van der Waals surface area contributed by atoms with E-state index < -0.39 is 17.6 Å². The first-order valence-corrected chi connectivity index (χ1v) is 11.4. The van der Waals surface area contributed by atoms with E-state index in [0.717, 1.165) is 36.5 Å². The Hall–Kier alpha value is -2.03. The van der Waals surface area contributed by atoms with Crippen molar-refractivity contribution in [3.63, 3.8) is 0 Å². The van der Waals surface area contributed by atoms with Crippen LogP contribution in [0, 0.1) is 11.6 Å². The highest BCUT2D eigenvalue weighted by atomic mass is 35.5. The lowest BCUT2D eigenvalue weighted by Crippen LogP contribution is -2.51. The molecule has 1 saturated heterocycles. The molecular formula is C24H33Cl2F2N5O. The molecular weight excluding hydrogens is 483 g/mol. The molecule has 0 saturated carbocycles. The van der Waals surface area contributed by atoms with Gasteiger partial charge in [0, 0.05) is 50.0 Å². The van der Waals surface area contributed by atoms with E-state index in [2.05, 4.69) is 27.1 Å². The van der Waals surface area contributed by atoms with Gasteiger partial charge in [-0.2, -0.15) is 0 Å². The van der Waals surface area contributed by atoms with Crippen molar-refractivity contribution in [2.45, 2.75) is 51.5 Å². The lowest BCUT2D eigenvalue weighted by molar-refractivity contribution is -0.133. The van der Waals surface area contributed by atoms with Crippen LogP contribution in [0.25, 0.3) is 0 Å². The Morgan fingerprint density at radius 1 is 1.12 bits per heavy atom. The first-order valence-electron chi connectivity index (χ1n) is 11.4. The Balaban J connectivity index is 0.00000204. The van der Waals surface area contributed by atoms with Gasteiger partial charge in [0.25, 0.3) is 0 Å². The van der Waals surface area contributed by atoms with Crippen molar-refractivity contribution < 1.29 is 13.6 Å². The van der Waals surface area contributed by atoms with E-state index in [9.17, 15) is 13.6 Å². The monoisotopic (exact) mass is 515 g/mol. The van der Waals surface area contributed by atoms with Crippen LogP contribution in [-0.2, 0) is 11.2 Å². The van der Waals surface area contributed by atoms with Gasteiger partial charge in [0.05, 0.1) is 5.92 Å². The van der Waals surface area contributed by atoms with E-state index in [1.165, 1.54) is 11.6 Å². The van der Waals surface area contributed by atoms with Gasteiger partial charge in [0.15, 0.2) is 11.6 Å². The molecule has 6 nitrogen and oxygen atoms in total. The van der Waals surface area contributed by atoms with Gasteiger partial charge in [-0.1, -0.05) is 26.8 Å². The molecule has 0 spiro atoms. The summed E-state index contributed by atoms with van der Waals surface area (Å²) in [5.41, 5.74) is 2.87. The molecule has 2 aromatic rings. The molecule has 0 unspecified atom stereocenters. The van der Waals surface area contributed by atoms with E-state index in [0.29, 0.717) is 44.2 Å². The van der Waals surface area contributed by atoms with Crippen molar-refractivity contribution in [1.82, 2.24) is 20.2 Å². The van der Waals surface area contributed by atoms with Gasteiger partial charge in [0.1, 0.15) is 12.1 Å². The highest BCUT2D eigenvalue weighted by Crippen LogP contribution is 2.37. The largest absolute Gasteiger partial charge is 0.353 e. The van der Waals surface area contributed by atoms with E-state index in [4.69, 9.17) is 0 Å². The predicted molar refractivity (Wildman–Crippen MR) is 134 cm³/mol. The third-order valence-electron chi connectivity index (χ3n) is 6.52. The molecule has 1 fully saturated rings. The number of nitrogens with one attached hydrogen (secondary N) is 1. The van der Waals surface area contributed by atoms with Gasteiger partial charge in [0.2, 0.25) is 5.91 Å². The molecule has 0 radical (unpaired) electrons. The molecule has 34 heavy (non-hydrogen) atoms. The summed E-state index contributed by atoms with van der Waals surface area (Å²) in [6, 6.07) is 3.91. The minimum Gasteiger partial charge on any atom is -0.353 e. The minimum atomic E-state index is -0.929. The Morgan fingerprint density at radius 3 is 2.47 bits per heavy atom. The zero-order valence-electron chi connectivity index (χ0n) is 19.8. The minimum absolute atomic E-state index is 0. The summed E-state index contributed by atoms with van der Waals surface area (Å²) in [5, 5.41) is 3.27. The summed E-state index contributed by atoms with van der Waals surface area (Å²) in [6.45, 7) is 9.07. The number of carbonyl (C=O) groups is 1. The maximum Gasteiger partial charge on any atom is 0.231 e. The number of aromatic nitrogens is 2. The smallest absolute Gasteiger partial charge is 0.231 e. The fourth-order valence-electron chi connectivity index (χ4n) is 4.66. The van der Waals surface area contributed by atoms with Crippen LogP contribution in [-0.4, -0.2) is 59.5 Å². The normalized spacial score (nSPS) is 18.2. The van der Waals surface area contributed by atoms with Crippen molar-refractivity contribution in [2.24, 2.45) is 0 Å². The first kappa shape index (κ1) is 28.2. The van der Waals surface area contributed by atoms with Crippen LogP contribution < -0.4 is 10.2 Å². The van der Waals surface area contributed by atoms with Crippen LogP contribution >= 0.6 is 24.8 Å². The maximum absolute atomic E-state index is 13.9. The predicted octanol–water partition coefficient (Wildman–Crippen LogP) is 4.08. The zero-order chi connectivity index (χ0) is 22.8. The molecule has 4 rings (SSSR count). The number of amides is 1. The number of aryl methyl sites for hydroxylation is 1. The highest BCUT2D eigenvalue weighted by Gasteiger charge is 2.32. The average Bonchev–Trinajstić information content (AvgIpc) is 3.17. The first-order chi connectivity index (χ1) is 15.3. The number of rotatable bonds is 6. The summed E-state index contributed by atoms with van der Waals surface area (Å²) in [6.07, 6.45) is 3.72. The number of benzene rings is 1. The molecule has 2 atom stereocenters. The topological polar surface area (TPSA) is 61.4 Å². The lowest BCUT2D eigenvalue weighted by Gasteiger charge is -2.38. The van der Waals surface area contributed by atoms with Crippen LogP contribution in [0.15, 0.2) is 24.5 Å². The molecule has 1 aromatic carbocycles. The summed E-state index contributed by atoms with van der Waals surface area (Å²) < 4.78 is 27.3. The average molecular weight is 516 g/mol. The SMILES string of the molecule is CC(C)NC[C@H](C(=O)N1CCN(c2ncnc3c2[C@H](C)CC3)CC1)c1ccc(F)c(F)c1.Cl.Cl. The van der Waals surface area contributed by atoms with E-state index >= 15 is 0 Å². The Kier molecular flexibility index (Phi) is 10.0. The molecule has 1 N–H and O–H groups in total. The molecule has 0 bridgehead atoms. The van der Waals surface area contributed by atoms with Gasteiger partial charge in [-0.25, -0.2) is 18.7 Å². The third-order valence-corrected chi connectivity index (χ3v) is 6.52. The number of hydrogen-bond acceptors (Lipinski definition) is 5. The van der Waals surface area contributed by atoms with Crippen LogP contribution in [0.1, 0.15) is 55.8 Å². The van der Waals surface area contributed by atoms with Gasteiger partial charge in [-0.15, -0.1) is 24.8 Å². The Bertz CT molecular complexity index is 986. The van der Waals surface area contributed by atoms with Crippen molar-refractivity contribution in [3.8, 4) is 0 Å². The number of fused-ring (bicyclic) bond motifs is 1. The Labute approximate surface area is 212 Å². The summed E-state index contributed by atoms with van der Waals surface area (Å²) in [4.78, 5) is 26.5. The van der Waals surface area contributed by atoms with Crippen molar-refractivity contribution in [3.05, 3.63) is 53.0 Å². The third kappa shape index (κ3) is 5.96.